The number of furan rings is 1. The molecule has 0 atom stereocenters. The molecule has 0 N–H and O–H groups in total. The predicted octanol–water partition coefficient (Wildman–Crippen LogP) is 12.8. The zero-order valence-electron chi connectivity index (χ0n) is 27.2. The number of thiophene rings is 1. The van der Waals surface area contributed by atoms with Crippen LogP contribution in [-0.2, 0) is 0 Å². The summed E-state index contributed by atoms with van der Waals surface area (Å²) in [5, 5.41) is 6.04. The van der Waals surface area contributed by atoms with Gasteiger partial charge in [0.25, 0.3) is 0 Å². The monoisotopic (exact) mass is 669 g/mol. The first kappa shape index (κ1) is 28.3. The first-order valence-electron chi connectivity index (χ1n) is 17.1. The highest BCUT2D eigenvalue weighted by molar-refractivity contribution is 7.27. The molecule has 4 heterocycles. The molecule has 4 nitrogen and oxygen atoms in total. The molecule has 0 bridgehead atoms. The summed E-state index contributed by atoms with van der Waals surface area (Å²) in [6.45, 7) is 0. The van der Waals surface area contributed by atoms with Gasteiger partial charge in [0.2, 0.25) is 0 Å². The molecule has 0 aliphatic heterocycles. The zero-order valence-corrected chi connectivity index (χ0v) is 28.1. The van der Waals surface area contributed by atoms with Crippen molar-refractivity contribution in [3.05, 3.63) is 164 Å². The highest BCUT2D eigenvalue weighted by Gasteiger charge is 2.23. The van der Waals surface area contributed by atoms with Crippen molar-refractivity contribution in [3.8, 4) is 39.5 Å². The number of para-hydroxylation sites is 3. The lowest BCUT2D eigenvalue weighted by Gasteiger charge is -2.07. The molecule has 0 aliphatic carbocycles. The van der Waals surface area contributed by atoms with Crippen molar-refractivity contribution < 1.29 is 4.42 Å². The van der Waals surface area contributed by atoms with Gasteiger partial charge in [0.15, 0.2) is 11.4 Å². The van der Waals surface area contributed by atoms with Crippen LogP contribution in [0.15, 0.2) is 168 Å². The Bertz CT molecular complexity index is 3120. The molecule has 7 aromatic carbocycles. The van der Waals surface area contributed by atoms with E-state index in [1.165, 1.54) is 42.0 Å². The SMILES string of the molecule is c1ccc(-c2nc(-c3ccccc3)c3oc4c(-c5cccc6c5sc5c6ccc6c5c5ccccc5n6-c5ccccc5)cccc4c3n2)cc1. The smallest absolute Gasteiger partial charge is 0.180 e. The van der Waals surface area contributed by atoms with Gasteiger partial charge in [0.1, 0.15) is 16.8 Å². The van der Waals surface area contributed by atoms with Crippen molar-refractivity contribution in [2.75, 3.05) is 0 Å². The van der Waals surface area contributed by atoms with Crippen LogP contribution in [-0.4, -0.2) is 14.5 Å². The highest BCUT2D eigenvalue weighted by atomic mass is 32.1. The molecule has 11 aromatic rings. The number of benzene rings is 7. The molecule has 11 rings (SSSR count). The van der Waals surface area contributed by atoms with Crippen LogP contribution in [0, 0.1) is 0 Å². The summed E-state index contributed by atoms with van der Waals surface area (Å²) < 4.78 is 11.8. The Morgan fingerprint density at radius 1 is 0.451 bits per heavy atom. The van der Waals surface area contributed by atoms with Crippen LogP contribution in [0.3, 0.4) is 0 Å². The molecule has 4 aromatic heterocycles. The third kappa shape index (κ3) is 4.19. The number of aromatic nitrogens is 3. The Morgan fingerprint density at radius 3 is 1.90 bits per heavy atom. The third-order valence-electron chi connectivity index (χ3n) is 10.0. The lowest BCUT2D eigenvalue weighted by molar-refractivity contribution is 0.668. The van der Waals surface area contributed by atoms with E-state index in [9.17, 15) is 0 Å². The summed E-state index contributed by atoms with van der Waals surface area (Å²) in [5.41, 5.74) is 10.9. The molecule has 0 amide bonds. The van der Waals surface area contributed by atoms with Crippen LogP contribution in [0.5, 0.6) is 0 Å². The molecule has 0 unspecified atom stereocenters. The number of nitrogens with zero attached hydrogens (tertiary/aromatic N) is 3. The molecule has 51 heavy (non-hydrogen) atoms. The molecular formula is C46H27N3OS. The van der Waals surface area contributed by atoms with E-state index in [0.717, 1.165) is 50.1 Å². The molecular weight excluding hydrogens is 643 g/mol. The van der Waals surface area contributed by atoms with Crippen molar-refractivity contribution in [3.63, 3.8) is 0 Å². The van der Waals surface area contributed by atoms with Crippen molar-refractivity contribution in [2.45, 2.75) is 0 Å². The molecule has 0 radical (unpaired) electrons. The molecule has 0 aliphatic rings. The number of fused-ring (bicyclic) bond motifs is 10. The van der Waals surface area contributed by atoms with E-state index in [1.54, 1.807) is 0 Å². The molecule has 0 spiro atoms. The Balaban J connectivity index is 1.19. The van der Waals surface area contributed by atoms with E-state index < -0.39 is 0 Å². The second-order valence-corrected chi connectivity index (χ2v) is 13.9. The van der Waals surface area contributed by atoms with Gasteiger partial charge in [0, 0.05) is 64.3 Å². The number of rotatable bonds is 4. The molecule has 5 heteroatoms. The Morgan fingerprint density at radius 2 is 1.10 bits per heavy atom. The van der Waals surface area contributed by atoms with Gasteiger partial charge >= 0.3 is 0 Å². The van der Waals surface area contributed by atoms with Gasteiger partial charge in [-0.05, 0) is 30.3 Å². The van der Waals surface area contributed by atoms with E-state index in [0.29, 0.717) is 11.4 Å². The van der Waals surface area contributed by atoms with Gasteiger partial charge < -0.3 is 8.98 Å². The summed E-state index contributed by atoms with van der Waals surface area (Å²) in [5.74, 6) is 0.681. The summed E-state index contributed by atoms with van der Waals surface area (Å²) >= 11 is 1.87. The minimum atomic E-state index is 0.681. The predicted molar refractivity (Wildman–Crippen MR) is 213 cm³/mol. The number of hydrogen-bond donors (Lipinski definition) is 0. The average molecular weight is 670 g/mol. The molecule has 0 fully saturated rings. The topological polar surface area (TPSA) is 43.9 Å². The van der Waals surface area contributed by atoms with Crippen LogP contribution >= 0.6 is 11.3 Å². The van der Waals surface area contributed by atoms with Gasteiger partial charge in [-0.3, -0.25) is 0 Å². The lowest BCUT2D eigenvalue weighted by Crippen LogP contribution is -1.93. The van der Waals surface area contributed by atoms with Crippen molar-refractivity contribution in [2.24, 2.45) is 0 Å². The van der Waals surface area contributed by atoms with Crippen LogP contribution in [0.2, 0.25) is 0 Å². The summed E-state index contributed by atoms with van der Waals surface area (Å²) in [7, 11) is 0. The van der Waals surface area contributed by atoms with Gasteiger partial charge in [0.05, 0.1) is 11.0 Å². The highest BCUT2D eigenvalue weighted by Crippen LogP contribution is 2.47. The van der Waals surface area contributed by atoms with Gasteiger partial charge in [-0.2, -0.15) is 0 Å². The fourth-order valence-corrected chi connectivity index (χ4v) is 9.15. The summed E-state index contributed by atoms with van der Waals surface area (Å²) in [6.07, 6.45) is 0. The maximum atomic E-state index is 6.89. The Labute approximate surface area is 296 Å². The summed E-state index contributed by atoms with van der Waals surface area (Å²) in [4.78, 5) is 10.2. The lowest BCUT2D eigenvalue weighted by atomic mass is 10.0. The number of hydrogen-bond acceptors (Lipinski definition) is 4. The maximum Gasteiger partial charge on any atom is 0.180 e. The molecule has 0 saturated heterocycles. The normalized spacial score (nSPS) is 11.9. The van der Waals surface area contributed by atoms with Crippen LogP contribution in [0.1, 0.15) is 0 Å². The van der Waals surface area contributed by atoms with E-state index >= 15 is 0 Å². The first-order valence-corrected chi connectivity index (χ1v) is 17.9. The minimum absolute atomic E-state index is 0.681. The van der Waals surface area contributed by atoms with Gasteiger partial charge in [-0.15, -0.1) is 11.3 Å². The molecule has 238 valence electrons. The molecule has 0 saturated carbocycles. The Hall–Kier alpha value is -6.56. The van der Waals surface area contributed by atoms with Gasteiger partial charge in [-0.1, -0.05) is 133 Å². The summed E-state index contributed by atoms with van der Waals surface area (Å²) in [6, 6.07) is 57.5. The van der Waals surface area contributed by atoms with Crippen molar-refractivity contribution >= 4 is 75.4 Å². The fourth-order valence-electron chi connectivity index (χ4n) is 7.76. The second kappa shape index (κ2) is 11.0. The van der Waals surface area contributed by atoms with E-state index in [1.807, 2.05) is 47.7 Å². The second-order valence-electron chi connectivity index (χ2n) is 12.9. The zero-order chi connectivity index (χ0) is 33.5. The van der Waals surface area contributed by atoms with E-state index in [2.05, 4.69) is 132 Å². The Kier molecular flexibility index (Phi) is 6.09. The van der Waals surface area contributed by atoms with Crippen LogP contribution in [0.4, 0.5) is 0 Å². The fraction of sp³-hybridized carbons (Fsp3) is 0. The minimum Gasteiger partial charge on any atom is -0.451 e. The van der Waals surface area contributed by atoms with E-state index in [-0.39, 0.29) is 0 Å². The third-order valence-corrected chi connectivity index (χ3v) is 11.3. The van der Waals surface area contributed by atoms with Gasteiger partial charge in [-0.25, -0.2) is 9.97 Å². The van der Waals surface area contributed by atoms with Crippen LogP contribution in [0.25, 0.3) is 104 Å². The maximum absolute atomic E-state index is 6.89. The van der Waals surface area contributed by atoms with Crippen molar-refractivity contribution in [1.82, 2.24) is 14.5 Å². The largest absolute Gasteiger partial charge is 0.451 e. The standard InChI is InChI=1S/C46H27N3OS/c1-4-14-28(15-5-1)40-43-41(48-46(47-40)29-16-6-2-7-17-29)36-24-12-21-31(42(36)50-43)32-22-13-23-33-34-26-27-38-39(45(34)51-44(32)33)35-20-10-11-25-37(35)49(38)30-18-8-3-9-19-30/h1-27H. The average Bonchev–Trinajstić information content (AvgIpc) is 3.88. The quantitative estimate of drug-likeness (QED) is 0.187. The van der Waals surface area contributed by atoms with E-state index in [4.69, 9.17) is 14.4 Å². The first-order chi connectivity index (χ1) is 25.3. The van der Waals surface area contributed by atoms with Crippen LogP contribution < -0.4 is 0 Å². The van der Waals surface area contributed by atoms with Crippen molar-refractivity contribution in [1.29, 1.82) is 0 Å².